The molecule has 5 heteroatoms. The van der Waals surface area contributed by atoms with E-state index in [4.69, 9.17) is 5.73 Å². The zero-order valence-electron chi connectivity index (χ0n) is 12.3. The fourth-order valence-electron chi connectivity index (χ4n) is 2.21. The van der Waals surface area contributed by atoms with Gasteiger partial charge in [0, 0.05) is 11.4 Å². The number of nitrogens with one attached hydrogen (secondary N) is 1. The second kappa shape index (κ2) is 6.18. The Morgan fingerprint density at radius 2 is 1.76 bits per heavy atom. The fourth-order valence-corrected chi connectivity index (χ4v) is 3.50. The summed E-state index contributed by atoms with van der Waals surface area (Å²) in [6, 6.07) is 12.2. The van der Waals surface area contributed by atoms with E-state index in [1.54, 1.807) is 31.2 Å². The first-order valence-electron chi connectivity index (χ1n) is 6.90. The molecule has 0 bridgehead atoms. The Labute approximate surface area is 126 Å². The Hall–Kier alpha value is -2.01. The maximum absolute atomic E-state index is 12.4. The van der Waals surface area contributed by atoms with Crippen molar-refractivity contribution in [3.05, 3.63) is 53.6 Å². The van der Waals surface area contributed by atoms with Gasteiger partial charge in [0.15, 0.2) is 0 Å². The SMILES string of the molecule is CCCc1ccc(NS(=O)(=O)c2ccc(N)cc2C)cc1. The van der Waals surface area contributed by atoms with Gasteiger partial charge in [-0.2, -0.15) is 0 Å². The summed E-state index contributed by atoms with van der Waals surface area (Å²) in [4.78, 5) is 0.245. The summed E-state index contributed by atoms with van der Waals surface area (Å²) < 4.78 is 27.4. The van der Waals surface area contributed by atoms with Gasteiger partial charge in [0.25, 0.3) is 10.0 Å². The van der Waals surface area contributed by atoms with Crippen molar-refractivity contribution in [2.45, 2.75) is 31.6 Å². The van der Waals surface area contributed by atoms with Gasteiger partial charge in [-0.1, -0.05) is 25.5 Å². The molecule has 0 atom stereocenters. The van der Waals surface area contributed by atoms with Gasteiger partial charge in [-0.3, -0.25) is 4.72 Å². The summed E-state index contributed by atoms with van der Waals surface area (Å²) in [5, 5.41) is 0. The molecule has 112 valence electrons. The Balaban J connectivity index is 2.24. The lowest BCUT2D eigenvalue weighted by Gasteiger charge is -2.11. The Morgan fingerprint density at radius 1 is 1.10 bits per heavy atom. The third kappa shape index (κ3) is 3.76. The van der Waals surface area contributed by atoms with Gasteiger partial charge < -0.3 is 5.73 Å². The zero-order chi connectivity index (χ0) is 15.5. The molecule has 2 aromatic rings. The first-order chi connectivity index (χ1) is 9.92. The van der Waals surface area contributed by atoms with Gasteiger partial charge in [-0.15, -0.1) is 0 Å². The highest BCUT2D eigenvalue weighted by molar-refractivity contribution is 7.92. The molecule has 4 nitrogen and oxygen atoms in total. The van der Waals surface area contributed by atoms with Gasteiger partial charge in [-0.25, -0.2) is 8.42 Å². The average molecular weight is 304 g/mol. The largest absolute Gasteiger partial charge is 0.399 e. The molecule has 0 unspecified atom stereocenters. The molecule has 0 spiro atoms. The number of hydrogen-bond acceptors (Lipinski definition) is 3. The Bertz CT molecular complexity index is 722. The Morgan fingerprint density at radius 3 is 2.33 bits per heavy atom. The van der Waals surface area contributed by atoms with E-state index in [9.17, 15) is 8.42 Å². The third-order valence-electron chi connectivity index (χ3n) is 3.23. The quantitative estimate of drug-likeness (QED) is 0.832. The molecule has 0 fully saturated rings. The highest BCUT2D eigenvalue weighted by Gasteiger charge is 2.16. The van der Waals surface area contributed by atoms with E-state index in [0.29, 0.717) is 16.9 Å². The minimum Gasteiger partial charge on any atom is -0.399 e. The van der Waals surface area contributed by atoms with Gasteiger partial charge in [0.05, 0.1) is 4.90 Å². The van der Waals surface area contributed by atoms with E-state index < -0.39 is 10.0 Å². The van der Waals surface area contributed by atoms with Crippen LogP contribution in [0.15, 0.2) is 47.4 Å². The molecule has 0 amide bonds. The lowest BCUT2D eigenvalue weighted by molar-refractivity contribution is 0.600. The number of nitrogens with two attached hydrogens (primary N) is 1. The van der Waals surface area contributed by atoms with Gasteiger partial charge >= 0.3 is 0 Å². The summed E-state index contributed by atoms with van der Waals surface area (Å²) in [5.41, 5.74) is 8.59. The molecule has 0 aliphatic rings. The van der Waals surface area contributed by atoms with Crippen LogP contribution in [0.4, 0.5) is 11.4 Å². The third-order valence-corrected chi connectivity index (χ3v) is 4.77. The van der Waals surface area contributed by atoms with Crippen molar-refractivity contribution < 1.29 is 8.42 Å². The van der Waals surface area contributed by atoms with Gasteiger partial charge in [0.2, 0.25) is 0 Å². The average Bonchev–Trinajstić information content (AvgIpc) is 2.40. The summed E-state index contributed by atoms with van der Waals surface area (Å²) in [6.07, 6.45) is 2.06. The molecule has 2 aromatic carbocycles. The van der Waals surface area contributed by atoms with Crippen LogP contribution >= 0.6 is 0 Å². The van der Waals surface area contributed by atoms with E-state index in [1.807, 2.05) is 12.1 Å². The molecule has 2 rings (SSSR count). The van der Waals surface area contributed by atoms with Gasteiger partial charge in [-0.05, 0) is 54.8 Å². The molecule has 0 aliphatic carbocycles. The number of sulfonamides is 1. The highest BCUT2D eigenvalue weighted by Crippen LogP contribution is 2.21. The molecule has 0 saturated carbocycles. The molecule has 21 heavy (non-hydrogen) atoms. The van der Waals surface area contributed by atoms with Crippen molar-refractivity contribution in [3.63, 3.8) is 0 Å². The fraction of sp³-hybridized carbons (Fsp3) is 0.250. The lowest BCUT2D eigenvalue weighted by atomic mass is 10.1. The summed E-state index contributed by atoms with van der Waals surface area (Å²) in [6.45, 7) is 3.84. The van der Waals surface area contributed by atoms with Crippen LogP contribution in [0.1, 0.15) is 24.5 Å². The van der Waals surface area contributed by atoms with Crippen LogP contribution in [0.25, 0.3) is 0 Å². The Kier molecular flexibility index (Phi) is 4.53. The van der Waals surface area contributed by atoms with Crippen molar-refractivity contribution >= 4 is 21.4 Å². The van der Waals surface area contributed by atoms with Crippen molar-refractivity contribution in [3.8, 4) is 0 Å². The van der Waals surface area contributed by atoms with E-state index in [2.05, 4.69) is 11.6 Å². The molecule has 0 heterocycles. The number of nitrogen functional groups attached to an aromatic ring is 1. The molecule has 0 radical (unpaired) electrons. The minimum absolute atomic E-state index is 0.245. The van der Waals surface area contributed by atoms with Crippen LogP contribution in [0.3, 0.4) is 0 Å². The summed E-state index contributed by atoms with van der Waals surface area (Å²) in [5.74, 6) is 0. The van der Waals surface area contributed by atoms with Crippen LogP contribution < -0.4 is 10.5 Å². The molecular weight excluding hydrogens is 284 g/mol. The maximum atomic E-state index is 12.4. The normalized spacial score (nSPS) is 11.3. The first-order valence-corrected chi connectivity index (χ1v) is 8.38. The van der Waals surface area contributed by atoms with Crippen LogP contribution in [-0.2, 0) is 16.4 Å². The smallest absolute Gasteiger partial charge is 0.262 e. The standard InChI is InChI=1S/C16H20N2O2S/c1-3-4-13-5-8-15(9-6-13)18-21(19,20)16-10-7-14(17)11-12(16)2/h5-11,18H,3-4,17H2,1-2H3. The number of hydrogen-bond donors (Lipinski definition) is 2. The van der Waals surface area contributed by atoms with E-state index in [-0.39, 0.29) is 4.90 Å². The summed E-state index contributed by atoms with van der Waals surface area (Å²) in [7, 11) is -3.59. The van der Waals surface area contributed by atoms with E-state index >= 15 is 0 Å². The van der Waals surface area contributed by atoms with Crippen LogP contribution in [0, 0.1) is 6.92 Å². The van der Waals surface area contributed by atoms with Crippen molar-refractivity contribution in [2.24, 2.45) is 0 Å². The molecular formula is C16H20N2O2S. The van der Waals surface area contributed by atoms with Crippen LogP contribution in [-0.4, -0.2) is 8.42 Å². The minimum atomic E-state index is -3.59. The first kappa shape index (κ1) is 15.4. The highest BCUT2D eigenvalue weighted by atomic mass is 32.2. The predicted octanol–water partition coefficient (Wildman–Crippen LogP) is 3.33. The topological polar surface area (TPSA) is 72.2 Å². The van der Waals surface area contributed by atoms with Crippen molar-refractivity contribution in [1.82, 2.24) is 0 Å². The van der Waals surface area contributed by atoms with E-state index in [0.717, 1.165) is 12.8 Å². The van der Waals surface area contributed by atoms with Crippen LogP contribution in [0.5, 0.6) is 0 Å². The van der Waals surface area contributed by atoms with Gasteiger partial charge in [0.1, 0.15) is 0 Å². The zero-order valence-corrected chi connectivity index (χ0v) is 13.1. The molecule has 3 N–H and O–H groups in total. The van der Waals surface area contributed by atoms with E-state index in [1.165, 1.54) is 11.6 Å². The number of anilines is 2. The van der Waals surface area contributed by atoms with Crippen molar-refractivity contribution in [2.75, 3.05) is 10.5 Å². The number of benzene rings is 2. The lowest BCUT2D eigenvalue weighted by Crippen LogP contribution is -2.14. The second-order valence-corrected chi connectivity index (χ2v) is 6.73. The van der Waals surface area contributed by atoms with Crippen molar-refractivity contribution in [1.29, 1.82) is 0 Å². The molecule has 0 saturated heterocycles. The molecule has 0 aliphatic heterocycles. The monoisotopic (exact) mass is 304 g/mol. The number of rotatable bonds is 5. The summed E-state index contributed by atoms with van der Waals surface area (Å²) >= 11 is 0. The van der Waals surface area contributed by atoms with Crippen LogP contribution in [0.2, 0.25) is 0 Å². The molecule has 0 aromatic heterocycles. The predicted molar refractivity (Wildman–Crippen MR) is 86.8 cm³/mol. The number of aryl methyl sites for hydroxylation is 2. The second-order valence-electron chi connectivity index (χ2n) is 5.08. The maximum Gasteiger partial charge on any atom is 0.262 e.